The maximum absolute atomic E-state index is 12.6. The van der Waals surface area contributed by atoms with Crippen molar-refractivity contribution in [3.05, 3.63) is 28.8 Å². The molecule has 3 amide bonds. The average Bonchev–Trinajstić information content (AvgIpc) is 2.95. The number of esters is 1. The van der Waals surface area contributed by atoms with Gasteiger partial charge in [0.15, 0.2) is 6.10 Å². The molecule has 0 unspecified atom stereocenters. The number of nitrogens with zero attached hydrogens (tertiary/aromatic N) is 1. The molecule has 1 heterocycles. The van der Waals surface area contributed by atoms with E-state index in [0.29, 0.717) is 29.1 Å². The number of likely N-dealkylation sites (tertiary alicyclic amines) is 1. The Morgan fingerprint density at radius 3 is 2.31 bits per heavy atom. The third-order valence-electron chi connectivity index (χ3n) is 5.79. The number of hydrogen-bond acceptors (Lipinski definition) is 5. The molecule has 1 aliphatic heterocycles. The van der Waals surface area contributed by atoms with Gasteiger partial charge in [0.1, 0.15) is 6.04 Å². The lowest BCUT2D eigenvalue weighted by Gasteiger charge is -2.23. The van der Waals surface area contributed by atoms with Crippen LogP contribution in [0.2, 0.25) is 5.02 Å². The van der Waals surface area contributed by atoms with Gasteiger partial charge in [-0.1, -0.05) is 30.5 Å². The second-order valence-corrected chi connectivity index (χ2v) is 8.11. The third-order valence-corrected chi connectivity index (χ3v) is 6.20. The van der Waals surface area contributed by atoms with Crippen LogP contribution in [0.1, 0.15) is 45.1 Å². The summed E-state index contributed by atoms with van der Waals surface area (Å²) in [6.07, 6.45) is 2.06. The predicted molar refractivity (Wildman–Crippen MR) is 107 cm³/mol. The Morgan fingerprint density at radius 1 is 1.14 bits per heavy atom. The van der Waals surface area contributed by atoms with Crippen molar-refractivity contribution in [1.82, 2.24) is 4.90 Å². The van der Waals surface area contributed by atoms with Gasteiger partial charge in [0.25, 0.3) is 5.91 Å². The molecule has 1 saturated carbocycles. The summed E-state index contributed by atoms with van der Waals surface area (Å²) in [5.41, 5.74) is 1.22. The molecule has 0 radical (unpaired) electrons. The molecule has 1 aromatic rings. The minimum Gasteiger partial charge on any atom is -0.451 e. The topological polar surface area (TPSA) is 92.8 Å². The fourth-order valence-electron chi connectivity index (χ4n) is 3.98. The van der Waals surface area contributed by atoms with E-state index in [4.69, 9.17) is 16.3 Å². The van der Waals surface area contributed by atoms with E-state index in [-0.39, 0.29) is 23.7 Å². The quantitative estimate of drug-likeness (QED) is 0.583. The lowest BCUT2D eigenvalue weighted by molar-refractivity contribution is -0.163. The fraction of sp³-hybridized carbons (Fsp3) is 0.524. The number of fused-ring (bicyclic) bond motifs is 1. The number of halogens is 1. The zero-order chi connectivity index (χ0) is 21.3. The van der Waals surface area contributed by atoms with Crippen molar-refractivity contribution in [2.24, 2.45) is 11.8 Å². The van der Waals surface area contributed by atoms with Crippen LogP contribution in [-0.4, -0.2) is 40.7 Å². The number of carbonyl (C=O) groups excluding carboxylic acids is 4. The SMILES string of the molecule is Cc1c(Cl)cccc1NC(=O)[C@@H](C)OC(=O)[C@H](C)N1C(=O)[C@H]2CCCC[C@@H]2C1=O. The Bertz CT molecular complexity index is 831. The van der Waals surface area contributed by atoms with Crippen molar-refractivity contribution in [3.8, 4) is 0 Å². The standard InChI is InChI=1S/C21H25ClN2O5/c1-11-16(22)9-6-10-17(11)23-18(25)13(3)29-21(28)12(2)24-19(26)14-7-4-5-8-15(14)20(24)27/h6,9-10,12-15H,4-5,7-8H2,1-3H3,(H,23,25)/t12-,13+,14-,15-/m0/s1. The molecule has 0 spiro atoms. The van der Waals surface area contributed by atoms with E-state index in [9.17, 15) is 19.2 Å². The van der Waals surface area contributed by atoms with E-state index in [2.05, 4.69) is 5.32 Å². The van der Waals surface area contributed by atoms with Crippen LogP contribution in [-0.2, 0) is 23.9 Å². The molecule has 0 bridgehead atoms. The highest BCUT2D eigenvalue weighted by atomic mass is 35.5. The van der Waals surface area contributed by atoms with Crippen molar-refractivity contribution < 1.29 is 23.9 Å². The number of amides is 3. The molecule has 2 fully saturated rings. The molecule has 156 valence electrons. The molecular formula is C21H25ClN2O5. The summed E-state index contributed by atoms with van der Waals surface area (Å²) in [6.45, 7) is 4.66. The van der Waals surface area contributed by atoms with E-state index in [0.717, 1.165) is 17.7 Å². The molecule has 8 heteroatoms. The lowest BCUT2D eigenvalue weighted by Crippen LogP contribution is -2.46. The molecule has 2 aliphatic rings. The second kappa shape index (κ2) is 8.53. The Morgan fingerprint density at radius 2 is 1.72 bits per heavy atom. The van der Waals surface area contributed by atoms with Crippen LogP contribution in [0.15, 0.2) is 18.2 Å². The Labute approximate surface area is 174 Å². The van der Waals surface area contributed by atoms with Gasteiger partial charge in [-0.25, -0.2) is 4.79 Å². The van der Waals surface area contributed by atoms with Gasteiger partial charge < -0.3 is 10.1 Å². The van der Waals surface area contributed by atoms with Gasteiger partial charge in [0.05, 0.1) is 11.8 Å². The van der Waals surface area contributed by atoms with Crippen molar-refractivity contribution in [2.75, 3.05) is 5.32 Å². The number of rotatable bonds is 5. The van der Waals surface area contributed by atoms with Crippen molar-refractivity contribution in [3.63, 3.8) is 0 Å². The molecule has 1 N–H and O–H groups in total. The monoisotopic (exact) mass is 420 g/mol. The molecule has 7 nitrogen and oxygen atoms in total. The van der Waals surface area contributed by atoms with Gasteiger partial charge in [0, 0.05) is 10.7 Å². The lowest BCUT2D eigenvalue weighted by atomic mass is 9.81. The van der Waals surface area contributed by atoms with Crippen LogP contribution in [0, 0.1) is 18.8 Å². The second-order valence-electron chi connectivity index (χ2n) is 7.70. The highest BCUT2D eigenvalue weighted by Crippen LogP contribution is 2.39. The van der Waals surface area contributed by atoms with Crippen LogP contribution in [0.25, 0.3) is 0 Å². The summed E-state index contributed by atoms with van der Waals surface area (Å²) in [7, 11) is 0. The first-order valence-electron chi connectivity index (χ1n) is 9.85. The summed E-state index contributed by atoms with van der Waals surface area (Å²) >= 11 is 6.05. The number of nitrogens with one attached hydrogen (secondary N) is 1. The Hall–Kier alpha value is -2.41. The van der Waals surface area contributed by atoms with Crippen LogP contribution in [0.5, 0.6) is 0 Å². The number of anilines is 1. The molecule has 1 saturated heterocycles. The van der Waals surface area contributed by atoms with Crippen LogP contribution in [0.4, 0.5) is 5.69 Å². The fourth-order valence-corrected chi connectivity index (χ4v) is 4.15. The van der Waals surface area contributed by atoms with Crippen LogP contribution >= 0.6 is 11.6 Å². The normalized spacial score (nSPS) is 23.4. The highest BCUT2D eigenvalue weighted by Gasteiger charge is 2.51. The van der Waals surface area contributed by atoms with Crippen molar-refractivity contribution in [2.45, 2.75) is 58.6 Å². The first kappa shape index (κ1) is 21.3. The minimum atomic E-state index is -1.10. The van der Waals surface area contributed by atoms with Gasteiger partial charge in [-0.05, 0) is 51.3 Å². The maximum Gasteiger partial charge on any atom is 0.329 e. The highest BCUT2D eigenvalue weighted by molar-refractivity contribution is 6.31. The summed E-state index contributed by atoms with van der Waals surface area (Å²) < 4.78 is 5.25. The first-order valence-corrected chi connectivity index (χ1v) is 10.2. The number of carbonyl (C=O) groups is 4. The smallest absolute Gasteiger partial charge is 0.329 e. The van der Waals surface area contributed by atoms with Gasteiger partial charge >= 0.3 is 5.97 Å². The van der Waals surface area contributed by atoms with Crippen molar-refractivity contribution >= 4 is 41.0 Å². The minimum absolute atomic E-state index is 0.309. The zero-order valence-corrected chi connectivity index (χ0v) is 17.5. The number of hydrogen-bond donors (Lipinski definition) is 1. The van der Waals surface area contributed by atoms with Crippen molar-refractivity contribution in [1.29, 1.82) is 0 Å². The maximum atomic E-state index is 12.6. The van der Waals surface area contributed by atoms with E-state index in [1.807, 2.05) is 0 Å². The molecule has 3 rings (SSSR count). The zero-order valence-electron chi connectivity index (χ0n) is 16.7. The molecule has 29 heavy (non-hydrogen) atoms. The average molecular weight is 421 g/mol. The Balaban J connectivity index is 1.63. The summed E-state index contributed by atoms with van der Waals surface area (Å²) in [5, 5.41) is 3.18. The van der Waals surface area contributed by atoms with Gasteiger partial charge in [-0.15, -0.1) is 0 Å². The number of ether oxygens (including phenoxy) is 1. The predicted octanol–water partition coefficient (Wildman–Crippen LogP) is 3.08. The molecule has 0 aromatic heterocycles. The Kier molecular flexibility index (Phi) is 6.27. The third kappa shape index (κ3) is 4.15. The molecule has 1 aromatic carbocycles. The first-order chi connectivity index (χ1) is 13.7. The summed E-state index contributed by atoms with van der Waals surface area (Å²) in [5.74, 6) is -2.60. The number of benzene rings is 1. The van der Waals surface area contributed by atoms with E-state index in [1.54, 1.807) is 25.1 Å². The van der Waals surface area contributed by atoms with E-state index >= 15 is 0 Å². The van der Waals surface area contributed by atoms with E-state index in [1.165, 1.54) is 13.8 Å². The van der Waals surface area contributed by atoms with Crippen LogP contribution < -0.4 is 5.32 Å². The number of imide groups is 1. The van der Waals surface area contributed by atoms with Gasteiger partial charge in [-0.3, -0.25) is 19.3 Å². The molecule has 4 atom stereocenters. The van der Waals surface area contributed by atoms with E-state index < -0.39 is 24.0 Å². The van der Waals surface area contributed by atoms with Crippen LogP contribution in [0.3, 0.4) is 0 Å². The van der Waals surface area contributed by atoms with Gasteiger partial charge in [0.2, 0.25) is 11.8 Å². The largest absolute Gasteiger partial charge is 0.451 e. The van der Waals surface area contributed by atoms with Gasteiger partial charge in [-0.2, -0.15) is 0 Å². The summed E-state index contributed by atoms with van der Waals surface area (Å²) in [4.78, 5) is 51.2. The molecule has 1 aliphatic carbocycles. The molecular weight excluding hydrogens is 396 g/mol. The summed E-state index contributed by atoms with van der Waals surface area (Å²) in [6, 6.07) is 4.04.